The summed E-state index contributed by atoms with van der Waals surface area (Å²) < 4.78 is 5.58. The summed E-state index contributed by atoms with van der Waals surface area (Å²) in [5.74, 6) is -0.986. The molecule has 0 atom stereocenters. The van der Waals surface area contributed by atoms with Crippen molar-refractivity contribution in [1.29, 1.82) is 0 Å². The summed E-state index contributed by atoms with van der Waals surface area (Å²) in [6.07, 6.45) is 3.55. The summed E-state index contributed by atoms with van der Waals surface area (Å²) in [6, 6.07) is 16.1. The lowest BCUT2D eigenvalue weighted by Crippen LogP contribution is -2.54. The number of aryl methyl sites for hydroxylation is 2. The number of ether oxygens (including phenoxy) is 1. The summed E-state index contributed by atoms with van der Waals surface area (Å²) in [5.41, 5.74) is 3.52. The second-order valence-corrected chi connectivity index (χ2v) is 7.51. The Morgan fingerprint density at radius 2 is 1.74 bits per heavy atom. The number of benzene rings is 3. The molecular weight excluding hydrogens is 392 g/mol. The standard InChI is InChI=1S/C25H20N2O4/c1-2-31-21-9-4-3-8-20(21)27-24(29)19(23(28)26-25(27)30)14-17-13-12-16-11-10-15-6-5-7-18(17)22(15)16/h3-9,12-14H,2,10-11H2,1H3,(H,26,28,30). The Hall–Kier alpha value is -3.93. The van der Waals surface area contributed by atoms with Gasteiger partial charge in [-0.1, -0.05) is 42.5 Å². The highest BCUT2D eigenvalue weighted by molar-refractivity contribution is 6.39. The molecule has 154 valence electrons. The smallest absolute Gasteiger partial charge is 0.336 e. The summed E-state index contributed by atoms with van der Waals surface area (Å²) >= 11 is 0. The van der Waals surface area contributed by atoms with Gasteiger partial charge in [0.1, 0.15) is 11.3 Å². The van der Waals surface area contributed by atoms with Gasteiger partial charge in [0.05, 0.1) is 12.3 Å². The van der Waals surface area contributed by atoms with Crippen molar-refractivity contribution in [3.05, 3.63) is 76.9 Å². The fourth-order valence-electron chi connectivity index (χ4n) is 4.35. The summed E-state index contributed by atoms with van der Waals surface area (Å²) in [6.45, 7) is 2.20. The van der Waals surface area contributed by atoms with E-state index >= 15 is 0 Å². The third-order valence-electron chi connectivity index (χ3n) is 5.72. The third kappa shape index (κ3) is 3.08. The molecule has 5 rings (SSSR count). The number of urea groups is 1. The molecule has 0 aromatic heterocycles. The molecule has 0 radical (unpaired) electrons. The molecule has 0 saturated carbocycles. The topological polar surface area (TPSA) is 75.7 Å². The molecule has 1 fully saturated rings. The third-order valence-corrected chi connectivity index (χ3v) is 5.72. The first-order valence-electron chi connectivity index (χ1n) is 10.2. The fraction of sp³-hybridized carbons (Fsp3) is 0.160. The van der Waals surface area contributed by atoms with Gasteiger partial charge in [-0.25, -0.2) is 9.69 Å². The van der Waals surface area contributed by atoms with Gasteiger partial charge in [0.2, 0.25) is 0 Å². The molecule has 2 aliphatic rings. The van der Waals surface area contributed by atoms with Crippen LogP contribution in [0, 0.1) is 0 Å². The van der Waals surface area contributed by atoms with Gasteiger partial charge < -0.3 is 4.74 Å². The van der Waals surface area contributed by atoms with E-state index in [0.717, 1.165) is 28.7 Å². The van der Waals surface area contributed by atoms with Gasteiger partial charge in [0.15, 0.2) is 0 Å². The SMILES string of the molecule is CCOc1ccccc1N1C(=O)NC(=O)C(=Cc2ccc3c4c(cccc24)CC3)C1=O. The Bertz CT molecular complexity index is 1280. The van der Waals surface area contributed by atoms with E-state index in [1.807, 2.05) is 31.2 Å². The van der Waals surface area contributed by atoms with Gasteiger partial charge in [0.25, 0.3) is 11.8 Å². The maximum atomic E-state index is 13.3. The number of carbonyl (C=O) groups is 3. The van der Waals surface area contributed by atoms with Crippen LogP contribution in [0.25, 0.3) is 16.8 Å². The average Bonchev–Trinajstić information content (AvgIpc) is 3.18. The number of hydrogen-bond acceptors (Lipinski definition) is 4. The molecule has 1 N–H and O–H groups in total. The van der Waals surface area contributed by atoms with Gasteiger partial charge in [-0.3, -0.25) is 14.9 Å². The van der Waals surface area contributed by atoms with E-state index in [1.165, 1.54) is 16.5 Å². The van der Waals surface area contributed by atoms with Crippen LogP contribution in [-0.2, 0) is 22.4 Å². The molecule has 0 spiro atoms. The van der Waals surface area contributed by atoms with Crippen molar-refractivity contribution in [2.45, 2.75) is 19.8 Å². The first kappa shape index (κ1) is 19.1. The number of barbiturate groups is 1. The second kappa shape index (κ2) is 7.40. The molecule has 4 amide bonds. The molecule has 0 bridgehead atoms. The first-order valence-corrected chi connectivity index (χ1v) is 10.2. The Kier molecular flexibility index (Phi) is 4.55. The first-order chi connectivity index (χ1) is 15.1. The molecule has 1 heterocycles. The van der Waals surface area contributed by atoms with Crippen molar-refractivity contribution in [2.75, 3.05) is 11.5 Å². The molecule has 0 unspecified atom stereocenters. The molecule has 1 aliphatic heterocycles. The van der Waals surface area contributed by atoms with Crippen LogP contribution >= 0.6 is 0 Å². The predicted molar refractivity (Wildman–Crippen MR) is 118 cm³/mol. The van der Waals surface area contributed by atoms with Gasteiger partial charge in [0, 0.05) is 0 Å². The molecule has 3 aromatic rings. The zero-order valence-electron chi connectivity index (χ0n) is 17.0. The molecule has 3 aromatic carbocycles. The van der Waals surface area contributed by atoms with Crippen molar-refractivity contribution in [3.8, 4) is 5.75 Å². The van der Waals surface area contributed by atoms with Crippen LogP contribution in [0.5, 0.6) is 5.75 Å². The number of hydrogen-bond donors (Lipinski definition) is 1. The summed E-state index contributed by atoms with van der Waals surface area (Å²) in [5, 5.41) is 4.47. The Labute approximate surface area is 179 Å². The maximum Gasteiger partial charge on any atom is 0.336 e. The lowest BCUT2D eigenvalue weighted by Gasteiger charge is -2.27. The number of nitrogens with one attached hydrogen (secondary N) is 1. The molecule has 6 heteroatoms. The lowest BCUT2D eigenvalue weighted by atomic mass is 9.97. The minimum absolute atomic E-state index is 0.0930. The zero-order valence-corrected chi connectivity index (χ0v) is 17.0. The summed E-state index contributed by atoms with van der Waals surface area (Å²) in [4.78, 5) is 39.4. The van der Waals surface area contributed by atoms with Crippen molar-refractivity contribution < 1.29 is 19.1 Å². The van der Waals surface area contributed by atoms with Gasteiger partial charge in [-0.2, -0.15) is 0 Å². The van der Waals surface area contributed by atoms with Crippen molar-refractivity contribution in [3.63, 3.8) is 0 Å². The number of amides is 4. The number of imide groups is 2. The summed E-state index contributed by atoms with van der Waals surface area (Å²) in [7, 11) is 0. The van der Waals surface area contributed by atoms with E-state index in [1.54, 1.807) is 30.3 Å². The molecule has 6 nitrogen and oxygen atoms in total. The van der Waals surface area contributed by atoms with Gasteiger partial charge >= 0.3 is 6.03 Å². The average molecular weight is 412 g/mol. The van der Waals surface area contributed by atoms with Crippen molar-refractivity contribution in [2.24, 2.45) is 0 Å². The van der Waals surface area contributed by atoms with Crippen molar-refractivity contribution >= 4 is 40.4 Å². The Morgan fingerprint density at radius 1 is 0.968 bits per heavy atom. The highest BCUT2D eigenvalue weighted by atomic mass is 16.5. The van der Waals surface area contributed by atoms with Crippen LogP contribution in [0.1, 0.15) is 23.6 Å². The molecule has 1 saturated heterocycles. The quantitative estimate of drug-likeness (QED) is 0.519. The number of carbonyl (C=O) groups excluding carboxylic acids is 3. The highest BCUT2D eigenvalue weighted by Crippen LogP contribution is 2.35. The number of para-hydroxylation sites is 2. The van der Waals surface area contributed by atoms with E-state index in [0.29, 0.717) is 18.0 Å². The Balaban J connectivity index is 1.62. The van der Waals surface area contributed by atoms with Gasteiger partial charge in [-0.05, 0) is 65.4 Å². The number of nitrogens with zero attached hydrogens (tertiary/aromatic N) is 1. The molecule has 1 aliphatic carbocycles. The van der Waals surface area contributed by atoms with E-state index < -0.39 is 17.8 Å². The highest BCUT2D eigenvalue weighted by Gasteiger charge is 2.38. The van der Waals surface area contributed by atoms with E-state index in [9.17, 15) is 14.4 Å². The van der Waals surface area contributed by atoms with Crippen LogP contribution in [0.4, 0.5) is 10.5 Å². The maximum absolute atomic E-state index is 13.3. The van der Waals surface area contributed by atoms with Gasteiger partial charge in [-0.15, -0.1) is 0 Å². The van der Waals surface area contributed by atoms with Crippen LogP contribution in [-0.4, -0.2) is 24.5 Å². The lowest BCUT2D eigenvalue weighted by molar-refractivity contribution is -0.122. The normalized spacial score (nSPS) is 16.9. The van der Waals surface area contributed by atoms with Crippen molar-refractivity contribution in [1.82, 2.24) is 5.32 Å². The fourth-order valence-corrected chi connectivity index (χ4v) is 4.35. The predicted octanol–water partition coefficient (Wildman–Crippen LogP) is 4.00. The van der Waals surface area contributed by atoms with Crippen LogP contribution in [0.3, 0.4) is 0 Å². The Morgan fingerprint density at radius 3 is 2.55 bits per heavy atom. The molecular formula is C25H20N2O4. The minimum Gasteiger partial charge on any atom is -0.492 e. The zero-order chi connectivity index (χ0) is 21.5. The number of anilines is 1. The van der Waals surface area contributed by atoms with E-state index in [2.05, 4.69) is 11.4 Å². The van der Waals surface area contributed by atoms with Crippen LogP contribution in [0.15, 0.2) is 60.2 Å². The van der Waals surface area contributed by atoms with E-state index in [-0.39, 0.29) is 5.57 Å². The monoisotopic (exact) mass is 412 g/mol. The second-order valence-electron chi connectivity index (χ2n) is 7.51. The largest absolute Gasteiger partial charge is 0.492 e. The minimum atomic E-state index is -0.792. The van der Waals surface area contributed by atoms with Crippen LogP contribution < -0.4 is 15.0 Å². The van der Waals surface area contributed by atoms with Crippen LogP contribution in [0.2, 0.25) is 0 Å². The molecule has 31 heavy (non-hydrogen) atoms. The van der Waals surface area contributed by atoms with E-state index in [4.69, 9.17) is 4.74 Å². The number of rotatable bonds is 4.